The Kier molecular flexibility index (Phi) is 20.6. The van der Waals surface area contributed by atoms with Gasteiger partial charge in [-0.1, -0.05) is 97.5 Å². The molecule has 0 aliphatic heterocycles. The first kappa shape index (κ1) is 58.5. The zero-order valence-corrected chi connectivity index (χ0v) is 48.4. The van der Waals surface area contributed by atoms with Gasteiger partial charge < -0.3 is 32.7 Å². The largest absolute Gasteiger partial charge is 0.398 e. The second kappa shape index (κ2) is 28.5. The number of amides is 2. The van der Waals surface area contributed by atoms with Crippen LogP contribution >= 0.6 is 0 Å². The van der Waals surface area contributed by atoms with Crippen molar-refractivity contribution in [2.24, 2.45) is 4.99 Å². The number of carbonyl (C=O) groups excluding carboxylic acids is 2. The highest BCUT2D eigenvalue weighted by Crippen LogP contribution is 2.29. The molecule has 1 aromatic heterocycles. The third-order valence-electron chi connectivity index (χ3n) is 15.1. The minimum Gasteiger partial charge on any atom is -0.398 e. The molecule has 0 saturated carbocycles. The number of unbranched alkanes of at least 4 members (excludes halogenated alkanes) is 6. The summed E-state index contributed by atoms with van der Waals surface area (Å²) in [5.41, 5.74) is 34.5. The van der Waals surface area contributed by atoms with Crippen molar-refractivity contribution in [3.63, 3.8) is 0 Å². The Balaban J connectivity index is 0.000000404. The standard InChI is InChI=1S/C54H63N7O2.C15H17N3/c1-37-17-27-45(28-18-37)61-51-35-46(55)39(3)33-49(51)60-50-34-40(4)48(36-52(50)61)57-30-12-6-8-14-32-59-54(63)44-25-21-42(22-26-44)41-19-23-43(24-20-41)53(62)58-31-13-7-5-11-29-56-47-16-10-9-15-38(47)2;1-10-4-6-12(7-5-10)18-15-9-13(16)11(2)8-14(15)17-3/h15-28,33-36,56H,5-14,29-32H2,1-4H3,(H4,55,57,58,59,62,63);4-9,18H,3,16H2,1-2H3/p+2. The normalized spacial score (nSPS) is 12.0. The fourth-order valence-electron chi connectivity index (χ4n) is 10.1. The van der Waals surface area contributed by atoms with Crippen molar-refractivity contribution in [2.75, 3.05) is 43.0 Å². The molecule has 418 valence electrons. The summed E-state index contributed by atoms with van der Waals surface area (Å²) in [6.45, 7) is 19.2. The molecule has 2 amide bonds. The van der Waals surface area contributed by atoms with Crippen LogP contribution in [0.15, 0.2) is 162 Å². The maximum Gasteiger partial charge on any atom is 0.251 e. The van der Waals surface area contributed by atoms with E-state index in [1.807, 2.05) is 80.6 Å². The summed E-state index contributed by atoms with van der Waals surface area (Å²) in [5, 5.41) is 15.5. The number of quaternary nitrogens is 1. The van der Waals surface area contributed by atoms with Gasteiger partial charge in [-0.2, -0.15) is 0 Å². The Morgan fingerprint density at radius 1 is 0.556 bits per heavy atom. The number of hydrogen-bond acceptors (Lipinski definition) is 8. The van der Waals surface area contributed by atoms with Gasteiger partial charge in [-0.3, -0.25) is 19.9 Å². The van der Waals surface area contributed by atoms with E-state index in [-0.39, 0.29) is 11.8 Å². The predicted octanol–water partition coefficient (Wildman–Crippen LogP) is 13.5. The molecular formula is C69H82N10O2+2. The number of benzene rings is 7. The lowest BCUT2D eigenvalue weighted by Gasteiger charge is -2.15. The first-order valence-electron chi connectivity index (χ1n) is 28.8. The van der Waals surface area contributed by atoms with Crippen LogP contribution < -0.4 is 42.6 Å². The fraction of sp³-hybridized carbons (Fsp3) is 0.290. The highest BCUT2D eigenvalue weighted by atomic mass is 16.2. The second-order valence-electron chi connectivity index (χ2n) is 21.5. The molecule has 10 N–H and O–H groups in total. The molecule has 0 radical (unpaired) electrons. The number of carbonyl (C=O) groups is 2. The predicted molar refractivity (Wildman–Crippen MR) is 338 cm³/mol. The van der Waals surface area contributed by atoms with Crippen LogP contribution in [-0.4, -0.2) is 49.7 Å². The molecule has 0 spiro atoms. The van der Waals surface area contributed by atoms with Crippen molar-refractivity contribution in [3.8, 4) is 16.8 Å². The molecule has 7 aromatic carbocycles. The summed E-state index contributed by atoms with van der Waals surface area (Å²) in [7, 11) is 0. The first-order valence-corrected chi connectivity index (χ1v) is 28.8. The van der Waals surface area contributed by atoms with Crippen molar-refractivity contribution in [2.45, 2.75) is 106 Å². The summed E-state index contributed by atoms with van der Waals surface area (Å²) in [4.78, 5) is 34.8. The molecule has 9 rings (SSSR count). The summed E-state index contributed by atoms with van der Waals surface area (Å²) in [6, 6.07) is 44.6. The lowest BCUT2D eigenvalue weighted by molar-refractivity contribution is -0.538. The Morgan fingerprint density at radius 3 is 1.62 bits per heavy atom. The van der Waals surface area contributed by atoms with Crippen LogP contribution in [0.3, 0.4) is 0 Å². The molecule has 1 aliphatic rings. The zero-order valence-electron chi connectivity index (χ0n) is 48.4. The second-order valence-corrected chi connectivity index (χ2v) is 21.5. The van der Waals surface area contributed by atoms with Crippen molar-refractivity contribution in [3.05, 3.63) is 196 Å². The number of fused-ring (bicyclic) bond motifs is 2. The number of nitrogens with zero attached hydrogens (tertiary/aromatic N) is 3. The van der Waals surface area contributed by atoms with Crippen LogP contribution in [0, 0.1) is 34.6 Å². The highest BCUT2D eigenvalue weighted by Gasteiger charge is 2.22. The number of rotatable bonds is 23. The van der Waals surface area contributed by atoms with Gasteiger partial charge in [0.2, 0.25) is 16.7 Å². The number of aliphatic imine (C=N–C) groups is 1. The van der Waals surface area contributed by atoms with E-state index in [2.05, 4.69) is 149 Å². The average molecular weight is 1080 g/mol. The van der Waals surface area contributed by atoms with Gasteiger partial charge in [-0.15, -0.1) is 4.57 Å². The molecule has 12 heteroatoms. The van der Waals surface area contributed by atoms with Gasteiger partial charge in [0.05, 0.1) is 0 Å². The number of nitrogen functional groups attached to an aromatic ring is 2. The maximum absolute atomic E-state index is 12.9. The van der Waals surface area contributed by atoms with E-state index in [1.165, 1.54) is 22.4 Å². The quantitative estimate of drug-likeness (QED) is 0.0109. The molecule has 12 nitrogen and oxygen atoms in total. The van der Waals surface area contributed by atoms with E-state index >= 15 is 0 Å². The van der Waals surface area contributed by atoms with E-state index in [4.69, 9.17) is 16.5 Å². The molecule has 0 saturated heterocycles. The Bertz CT molecular complexity index is 3530. The van der Waals surface area contributed by atoms with E-state index in [1.54, 1.807) is 0 Å². The van der Waals surface area contributed by atoms with Crippen LogP contribution in [0.2, 0.25) is 0 Å². The lowest BCUT2D eigenvalue weighted by atomic mass is 10.0. The van der Waals surface area contributed by atoms with Crippen molar-refractivity contribution < 1.29 is 19.5 Å². The molecule has 0 fully saturated rings. The van der Waals surface area contributed by atoms with Crippen LogP contribution in [0.5, 0.6) is 0 Å². The number of hydrogen-bond donors (Lipinski definition) is 7. The molecule has 0 atom stereocenters. The average Bonchev–Trinajstić information content (AvgIpc) is 3.59. The molecule has 81 heavy (non-hydrogen) atoms. The molecule has 0 bridgehead atoms. The number of nitrogens with one attached hydrogen (secondary N) is 4. The van der Waals surface area contributed by atoms with E-state index in [0.29, 0.717) is 24.2 Å². The van der Waals surface area contributed by atoms with Gasteiger partial charge in [-0.25, -0.2) is 4.98 Å². The fourth-order valence-corrected chi connectivity index (χ4v) is 10.1. The van der Waals surface area contributed by atoms with E-state index in [9.17, 15) is 9.59 Å². The van der Waals surface area contributed by atoms with Gasteiger partial charge in [0.15, 0.2) is 5.69 Å². The summed E-state index contributed by atoms with van der Waals surface area (Å²) in [5.74, 6) is -0.110. The van der Waals surface area contributed by atoms with Crippen molar-refractivity contribution in [1.82, 2.24) is 20.9 Å². The summed E-state index contributed by atoms with van der Waals surface area (Å²) in [6.07, 6.45) is 15.3. The van der Waals surface area contributed by atoms with E-state index < -0.39 is 0 Å². The van der Waals surface area contributed by atoms with Gasteiger partial charge >= 0.3 is 0 Å². The number of aryl methyl sites for hydroxylation is 5. The number of anilines is 3. The van der Waals surface area contributed by atoms with Gasteiger partial charge in [0.1, 0.15) is 22.4 Å². The monoisotopic (exact) mass is 1080 g/mol. The van der Waals surface area contributed by atoms with Crippen LogP contribution in [-0.2, 0) is 0 Å². The topological polar surface area (TPSA) is 180 Å². The zero-order chi connectivity index (χ0) is 57.3. The van der Waals surface area contributed by atoms with Crippen LogP contribution in [0.25, 0.3) is 38.9 Å². The first-order chi connectivity index (χ1) is 39.2. The molecule has 8 aromatic rings. The highest BCUT2D eigenvalue weighted by molar-refractivity contribution is 5.96. The summed E-state index contributed by atoms with van der Waals surface area (Å²) >= 11 is 0. The third-order valence-corrected chi connectivity index (χ3v) is 15.1. The Hall–Kier alpha value is -8.61. The molecule has 1 heterocycles. The SMILES string of the molecule is C=Nc1cc(C)c(N)cc1[NH2+]c1ccc(C)cc1.CC1=CCCC=C1NCCCCCCNC(=O)c1ccc(-c2ccc(C(=O)NCCCCCCNc3cc4c(cc3C)nc3cc(C)c(N)cc3[n+]4-c3ccc(C)cc3)cc2)cc1. The van der Waals surface area contributed by atoms with E-state index in [0.717, 1.165) is 167 Å². The summed E-state index contributed by atoms with van der Waals surface area (Å²) < 4.78 is 2.26. The lowest BCUT2D eigenvalue weighted by Crippen LogP contribution is -2.71. The number of nitrogens with two attached hydrogens (primary N) is 3. The van der Waals surface area contributed by atoms with Crippen molar-refractivity contribution in [1.29, 1.82) is 0 Å². The molecule has 0 unspecified atom stereocenters. The van der Waals surface area contributed by atoms with Gasteiger partial charge in [0.25, 0.3) is 11.8 Å². The van der Waals surface area contributed by atoms with Crippen molar-refractivity contribution >= 4 is 74.7 Å². The smallest absolute Gasteiger partial charge is 0.251 e. The number of allylic oxidation sites excluding steroid dienone is 3. The van der Waals surface area contributed by atoms with Crippen LogP contribution in [0.1, 0.15) is 120 Å². The maximum atomic E-state index is 12.9. The number of aromatic nitrogens is 2. The third kappa shape index (κ3) is 16.0. The van der Waals surface area contributed by atoms with Gasteiger partial charge in [-0.05, 0) is 175 Å². The minimum absolute atomic E-state index is 0.0459. The van der Waals surface area contributed by atoms with Crippen LogP contribution in [0.4, 0.5) is 34.1 Å². The Morgan fingerprint density at radius 2 is 1.05 bits per heavy atom. The van der Waals surface area contributed by atoms with Gasteiger partial charge in [0, 0.05) is 90.4 Å². The Labute approximate surface area is 479 Å². The minimum atomic E-state index is -0.0637. The molecule has 1 aliphatic carbocycles. The molecular weight excluding hydrogens is 1000 g/mol.